The molecule has 0 bridgehead atoms. The first-order chi connectivity index (χ1) is 8.68. The van der Waals surface area contributed by atoms with Gasteiger partial charge < -0.3 is 9.47 Å². The summed E-state index contributed by atoms with van der Waals surface area (Å²) in [7, 11) is 2.39. The maximum absolute atomic E-state index is 11.4. The Morgan fingerprint density at radius 2 is 2.05 bits per heavy atom. The lowest BCUT2D eigenvalue weighted by molar-refractivity contribution is -0.145. The fourth-order valence-electron chi connectivity index (χ4n) is 1.52. The van der Waals surface area contributed by atoms with E-state index in [1.165, 1.54) is 21.0 Å². The third-order valence-corrected chi connectivity index (χ3v) is 3.67. The molecule has 1 atom stereocenters. The molecule has 0 radical (unpaired) electrons. The molecule has 1 aromatic rings. The van der Waals surface area contributed by atoms with Crippen LogP contribution in [-0.4, -0.2) is 26.5 Å². The van der Waals surface area contributed by atoms with Crippen LogP contribution < -0.4 is 4.74 Å². The van der Waals surface area contributed by atoms with E-state index >= 15 is 0 Å². The van der Waals surface area contributed by atoms with Gasteiger partial charge in [-0.1, -0.05) is 11.6 Å². The number of esters is 1. The van der Waals surface area contributed by atoms with Crippen molar-refractivity contribution >= 4 is 37.3 Å². The highest BCUT2D eigenvalue weighted by atomic mass is 35.7. The Bertz CT molecular complexity index is 602. The summed E-state index contributed by atoms with van der Waals surface area (Å²) in [5.41, 5.74) is 0.189. The van der Waals surface area contributed by atoms with Gasteiger partial charge in [-0.2, -0.15) is 0 Å². The lowest BCUT2D eigenvalue weighted by Gasteiger charge is -2.18. The molecule has 1 unspecified atom stereocenters. The molecule has 0 saturated heterocycles. The van der Waals surface area contributed by atoms with Crippen LogP contribution in [0.4, 0.5) is 0 Å². The van der Waals surface area contributed by atoms with Gasteiger partial charge in [0.2, 0.25) is 5.03 Å². The first kappa shape index (κ1) is 16.0. The Morgan fingerprint density at radius 3 is 2.47 bits per heavy atom. The Kier molecular flexibility index (Phi) is 5.00. The van der Waals surface area contributed by atoms with E-state index in [9.17, 15) is 13.2 Å². The van der Waals surface area contributed by atoms with E-state index in [-0.39, 0.29) is 16.3 Å². The summed E-state index contributed by atoms with van der Waals surface area (Å²) < 4.78 is 32.7. The number of nitrogens with zero attached hydrogens (tertiary/aromatic N) is 1. The number of pyridine rings is 1. The minimum atomic E-state index is -4.11. The molecule has 106 valence electrons. The zero-order chi connectivity index (χ0) is 14.8. The highest BCUT2D eigenvalue weighted by molar-refractivity contribution is 8.13. The Hall–Kier alpha value is -1.05. The van der Waals surface area contributed by atoms with Crippen molar-refractivity contribution < 1.29 is 22.7 Å². The summed E-state index contributed by atoms with van der Waals surface area (Å²) >= 11 is 5.94. The van der Waals surface area contributed by atoms with Crippen LogP contribution in [0, 0.1) is 0 Å². The monoisotopic (exact) mass is 327 g/mol. The van der Waals surface area contributed by atoms with Gasteiger partial charge in [-0.25, -0.2) is 13.4 Å². The van der Waals surface area contributed by atoms with Gasteiger partial charge in [0.15, 0.2) is 5.75 Å². The zero-order valence-corrected chi connectivity index (χ0v) is 12.6. The van der Waals surface area contributed by atoms with Crippen molar-refractivity contribution in [1.82, 2.24) is 4.98 Å². The normalized spacial score (nSPS) is 12.9. The molecule has 0 fully saturated rings. The van der Waals surface area contributed by atoms with Crippen LogP contribution >= 0.6 is 22.3 Å². The first-order valence-electron chi connectivity index (χ1n) is 5.02. The predicted molar refractivity (Wildman–Crippen MR) is 69.0 cm³/mol. The molecule has 1 rings (SSSR count). The molecule has 1 heterocycles. The molecule has 0 aromatic carbocycles. The molecule has 0 spiro atoms. The third kappa shape index (κ3) is 3.71. The maximum Gasteiger partial charge on any atom is 0.303 e. The second-order valence-corrected chi connectivity index (χ2v) is 6.44. The standard InChI is InChI=1S/C10H11Cl2NO5S/c1-5(18-6(2)14)8-7(11)4-13-10(9(8)17-3)19(12,15)16/h4-5H,1-3H3. The van der Waals surface area contributed by atoms with Crippen LogP contribution in [0.3, 0.4) is 0 Å². The molecule has 6 nitrogen and oxygen atoms in total. The SMILES string of the molecule is COc1c(S(=O)(=O)Cl)ncc(Cl)c1C(C)OC(C)=O. The largest absolute Gasteiger partial charge is 0.493 e. The third-order valence-electron chi connectivity index (χ3n) is 2.18. The molecule has 0 N–H and O–H groups in total. The van der Waals surface area contributed by atoms with Crippen molar-refractivity contribution in [2.24, 2.45) is 0 Å². The van der Waals surface area contributed by atoms with E-state index < -0.39 is 26.2 Å². The van der Waals surface area contributed by atoms with Gasteiger partial charge in [0, 0.05) is 23.8 Å². The number of ether oxygens (including phenoxy) is 2. The maximum atomic E-state index is 11.4. The minimum absolute atomic E-state index is 0.106. The van der Waals surface area contributed by atoms with Crippen molar-refractivity contribution in [3.8, 4) is 5.75 Å². The van der Waals surface area contributed by atoms with E-state index in [1.54, 1.807) is 0 Å². The Morgan fingerprint density at radius 1 is 1.47 bits per heavy atom. The van der Waals surface area contributed by atoms with Crippen LogP contribution in [0.15, 0.2) is 11.2 Å². The molecule has 0 aliphatic carbocycles. The van der Waals surface area contributed by atoms with E-state index in [0.29, 0.717) is 0 Å². The van der Waals surface area contributed by atoms with Gasteiger partial charge in [0.1, 0.15) is 6.10 Å². The number of carbonyl (C=O) groups is 1. The van der Waals surface area contributed by atoms with Crippen LogP contribution in [0.2, 0.25) is 5.02 Å². The molecule has 0 amide bonds. The lowest BCUT2D eigenvalue weighted by Crippen LogP contribution is -2.10. The van der Waals surface area contributed by atoms with E-state index in [2.05, 4.69) is 4.98 Å². The summed E-state index contributed by atoms with van der Waals surface area (Å²) in [5, 5.41) is -0.371. The number of hydrogen-bond acceptors (Lipinski definition) is 6. The topological polar surface area (TPSA) is 82.6 Å². The quantitative estimate of drug-likeness (QED) is 0.623. The molecule has 1 aromatic heterocycles. The second kappa shape index (κ2) is 5.94. The van der Waals surface area contributed by atoms with Crippen molar-refractivity contribution in [3.63, 3.8) is 0 Å². The van der Waals surface area contributed by atoms with E-state index in [4.69, 9.17) is 31.8 Å². The average molecular weight is 328 g/mol. The van der Waals surface area contributed by atoms with Crippen molar-refractivity contribution in [3.05, 3.63) is 16.8 Å². The molecule has 0 aliphatic heterocycles. The van der Waals surface area contributed by atoms with Gasteiger partial charge >= 0.3 is 5.97 Å². The van der Waals surface area contributed by atoms with Crippen molar-refractivity contribution in [2.75, 3.05) is 7.11 Å². The summed E-state index contributed by atoms with van der Waals surface area (Å²) in [6, 6.07) is 0. The van der Waals surface area contributed by atoms with Gasteiger partial charge in [-0.15, -0.1) is 0 Å². The highest BCUT2D eigenvalue weighted by Gasteiger charge is 2.27. The van der Waals surface area contributed by atoms with Crippen LogP contribution in [0.25, 0.3) is 0 Å². The van der Waals surface area contributed by atoms with Gasteiger partial charge in [0.25, 0.3) is 9.05 Å². The number of hydrogen-bond donors (Lipinski definition) is 0. The summed E-state index contributed by atoms with van der Waals surface area (Å²) in [6.07, 6.45) is 0.300. The van der Waals surface area contributed by atoms with E-state index in [0.717, 1.165) is 6.20 Å². The number of halogens is 2. The zero-order valence-electron chi connectivity index (χ0n) is 10.3. The van der Waals surface area contributed by atoms with Crippen LogP contribution in [0.5, 0.6) is 5.75 Å². The number of methoxy groups -OCH3 is 1. The Labute approximate surface area is 120 Å². The average Bonchev–Trinajstić information content (AvgIpc) is 2.25. The summed E-state index contributed by atoms with van der Waals surface area (Å²) in [5.74, 6) is -0.686. The fraction of sp³-hybridized carbons (Fsp3) is 0.400. The first-order valence-corrected chi connectivity index (χ1v) is 7.71. The minimum Gasteiger partial charge on any atom is -0.493 e. The lowest BCUT2D eigenvalue weighted by atomic mass is 10.1. The summed E-state index contributed by atoms with van der Waals surface area (Å²) in [6.45, 7) is 2.74. The van der Waals surface area contributed by atoms with Crippen molar-refractivity contribution in [1.29, 1.82) is 0 Å². The molecular weight excluding hydrogens is 317 g/mol. The van der Waals surface area contributed by atoms with Gasteiger partial charge in [0.05, 0.1) is 17.7 Å². The molecule has 0 aliphatic rings. The summed E-state index contributed by atoms with van der Waals surface area (Å²) in [4.78, 5) is 14.6. The van der Waals surface area contributed by atoms with Gasteiger partial charge in [-0.3, -0.25) is 4.79 Å². The molecular formula is C10H11Cl2NO5S. The van der Waals surface area contributed by atoms with Crippen molar-refractivity contribution in [2.45, 2.75) is 25.0 Å². The number of aromatic nitrogens is 1. The van der Waals surface area contributed by atoms with E-state index in [1.807, 2.05) is 0 Å². The fourth-order valence-corrected chi connectivity index (χ4v) is 2.74. The molecule has 19 heavy (non-hydrogen) atoms. The van der Waals surface area contributed by atoms with Crippen LogP contribution in [-0.2, 0) is 18.6 Å². The Balaban J connectivity index is 3.49. The molecule has 9 heteroatoms. The van der Waals surface area contributed by atoms with Crippen LogP contribution in [0.1, 0.15) is 25.5 Å². The van der Waals surface area contributed by atoms with Gasteiger partial charge in [-0.05, 0) is 6.92 Å². The number of carbonyl (C=O) groups excluding carboxylic acids is 1. The highest BCUT2D eigenvalue weighted by Crippen LogP contribution is 2.38. The number of rotatable bonds is 4. The second-order valence-electron chi connectivity index (χ2n) is 3.55. The predicted octanol–water partition coefficient (Wildman–Crippen LogP) is 2.30. The smallest absolute Gasteiger partial charge is 0.303 e. The molecule has 0 saturated carbocycles.